The number of ether oxygens (including phenoxy) is 1. The van der Waals surface area contributed by atoms with E-state index >= 15 is 0 Å². The molecule has 0 saturated carbocycles. The molecular formula is C16H29N3O5. The summed E-state index contributed by atoms with van der Waals surface area (Å²) >= 11 is 0. The van der Waals surface area contributed by atoms with E-state index in [1.165, 1.54) is 11.8 Å². The molecule has 1 saturated heterocycles. The molecule has 3 atom stereocenters. The molecule has 0 aromatic carbocycles. The fourth-order valence-corrected chi connectivity index (χ4v) is 2.52. The Kier molecular flexibility index (Phi) is 7.19. The van der Waals surface area contributed by atoms with Crippen LogP contribution in [0.3, 0.4) is 0 Å². The quantitative estimate of drug-likeness (QED) is 0.327. The molecule has 0 aliphatic carbocycles. The second kappa shape index (κ2) is 8.46. The summed E-state index contributed by atoms with van der Waals surface area (Å²) in [6, 6.07) is -0.461. The molecule has 8 heteroatoms. The Hall–Kier alpha value is -1.64. The van der Waals surface area contributed by atoms with Gasteiger partial charge in [-0.1, -0.05) is 26.8 Å². The molecule has 0 radical (unpaired) electrons. The van der Waals surface area contributed by atoms with Crippen molar-refractivity contribution in [2.75, 3.05) is 13.1 Å². The van der Waals surface area contributed by atoms with Crippen LogP contribution >= 0.6 is 0 Å². The van der Waals surface area contributed by atoms with Crippen molar-refractivity contribution < 1.29 is 24.5 Å². The topological polar surface area (TPSA) is 102 Å². The van der Waals surface area contributed by atoms with Crippen molar-refractivity contribution in [3.63, 3.8) is 0 Å². The molecule has 0 aromatic heterocycles. The van der Waals surface area contributed by atoms with Gasteiger partial charge in [-0.25, -0.2) is 9.59 Å². The van der Waals surface area contributed by atoms with Gasteiger partial charge in [-0.15, -0.1) is 0 Å². The number of aliphatic hydroxyl groups excluding tert-OH is 1. The standard InChI is InChI=1S/C16H29N3O5/c1-6-8-13(20)17-12(5)18-9-10-19(15(18)22)16(23,7-2)24-14(21)11(3)4/h12-13,17,20,23H,3,6-10H2,1-2,4-5H3. The van der Waals surface area contributed by atoms with Gasteiger partial charge in [0.25, 0.3) is 5.91 Å². The van der Waals surface area contributed by atoms with Crippen LogP contribution in [-0.2, 0) is 9.53 Å². The molecule has 2 amide bonds. The third kappa shape index (κ3) is 4.68. The van der Waals surface area contributed by atoms with Crippen molar-refractivity contribution >= 4 is 12.0 Å². The maximum Gasteiger partial charge on any atom is 0.336 e. The first-order chi connectivity index (χ1) is 11.2. The molecular weight excluding hydrogens is 314 g/mol. The number of nitrogens with zero attached hydrogens (tertiary/aromatic N) is 2. The van der Waals surface area contributed by atoms with E-state index in [4.69, 9.17) is 4.74 Å². The zero-order chi connectivity index (χ0) is 18.5. The van der Waals surface area contributed by atoms with Crippen molar-refractivity contribution in [3.05, 3.63) is 12.2 Å². The van der Waals surface area contributed by atoms with Crippen molar-refractivity contribution in [2.45, 2.75) is 65.3 Å². The Morgan fingerprint density at radius 1 is 1.46 bits per heavy atom. The van der Waals surface area contributed by atoms with Gasteiger partial charge in [0.1, 0.15) is 6.23 Å². The normalized spacial score (nSPS) is 19.8. The molecule has 0 aromatic rings. The zero-order valence-electron chi connectivity index (χ0n) is 14.9. The molecule has 24 heavy (non-hydrogen) atoms. The summed E-state index contributed by atoms with van der Waals surface area (Å²) in [6.07, 6.45) is 0.296. The molecule has 1 fully saturated rings. The summed E-state index contributed by atoms with van der Waals surface area (Å²) in [6.45, 7) is 10.8. The zero-order valence-corrected chi connectivity index (χ0v) is 14.9. The third-order valence-corrected chi connectivity index (χ3v) is 3.99. The molecule has 1 rings (SSSR count). The highest BCUT2D eigenvalue weighted by atomic mass is 16.7. The molecule has 138 valence electrons. The summed E-state index contributed by atoms with van der Waals surface area (Å²) in [5.41, 5.74) is 0.142. The second-order valence-corrected chi connectivity index (χ2v) is 6.04. The number of carbonyl (C=O) groups is 2. The first kappa shape index (κ1) is 20.4. The molecule has 0 bridgehead atoms. The van der Waals surface area contributed by atoms with Gasteiger partial charge in [0.05, 0.1) is 6.17 Å². The fraction of sp³-hybridized carbons (Fsp3) is 0.750. The van der Waals surface area contributed by atoms with E-state index in [9.17, 15) is 19.8 Å². The first-order valence-electron chi connectivity index (χ1n) is 8.29. The van der Waals surface area contributed by atoms with Gasteiger partial charge in [0.15, 0.2) is 0 Å². The van der Waals surface area contributed by atoms with Crippen LogP contribution in [-0.4, -0.2) is 63.4 Å². The van der Waals surface area contributed by atoms with Crippen molar-refractivity contribution in [1.29, 1.82) is 0 Å². The lowest BCUT2D eigenvalue weighted by atomic mass is 10.3. The second-order valence-electron chi connectivity index (χ2n) is 6.04. The van der Waals surface area contributed by atoms with Crippen LogP contribution < -0.4 is 5.32 Å². The van der Waals surface area contributed by atoms with Gasteiger partial charge in [0, 0.05) is 25.1 Å². The summed E-state index contributed by atoms with van der Waals surface area (Å²) in [4.78, 5) is 26.9. The maximum atomic E-state index is 12.6. The minimum atomic E-state index is -2.01. The molecule has 1 aliphatic heterocycles. The summed E-state index contributed by atoms with van der Waals surface area (Å²) in [7, 11) is 0. The maximum absolute atomic E-state index is 12.6. The lowest BCUT2D eigenvalue weighted by molar-refractivity contribution is -0.258. The number of esters is 1. The molecule has 1 heterocycles. The van der Waals surface area contributed by atoms with Crippen LogP contribution in [0, 0.1) is 0 Å². The van der Waals surface area contributed by atoms with Crippen LogP contribution in [0.5, 0.6) is 0 Å². The average Bonchev–Trinajstić information content (AvgIpc) is 2.89. The van der Waals surface area contributed by atoms with Gasteiger partial charge in [0.2, 0.25) is 0 Å². The lowest BCUT2D eigenvalue weighted by Crippen LogP contribution is -2.55. The number of urea groups is 1. The minimum absolute atomic E-state index is 0.0336. The third-order valence-electron chi connectivity index (χ3n) is 3.99. The van der Waals surface area contributed by atoms with E-state index in [2.05, 4.69) is 11.9 Å². The Balaban J connectivity index is 2.79. The molecule has 3 unspecified atom stereocenters. The van der Waals surface area contributed by atoms with Crippen molar-refractivity contribution in [2.24, 2.45) is 0 Å². The number of aliphatic hydroxyl groups is 2. The Bertz CT molecular complexity index is 484. The largest absolute Gasteiger partial charge is 0.410 e. The highest BCUT2D eigenvalue weighted by molar-refractivity contribution is 5.87. The van der Waals surface area contributed by atoms with Crippen molar-refractivity contribution in [1.82, 2.24) is 15.1 Å². The van der Waals surface area contributed by atoms with E-state index in [0.29, 0.717) is 13.0 Å². The van der Waals surface area contributed by atoms with Crippen LogP contribution in [0.15, 0.2) is 12.2 Å². The van der Waals surface area contributed by atoms with Gasteiger partial charge >= 0.3 is 12.0 Å². The fourth-order valence-electron chi connectivity index (χ4n) is 2.52. The number of hydrogen-bond donors (Lipinski definition) is 3. The van der Waals surface area contributed by atoms with Gasteiger partial charge in [-0.05, 0) is 20.3 Å². The van der Waals surface area contributed by atoms with E-state index in [-0.39, 0.29) is 18.5 Å². The van der Waals surface area contributed by atoms with Gasteiger partial charge in [-0.2, -0.15) is 0 Å². The van der Waals surface area contributed by atoms with Crippen LogP contribution in [0.1, 0.15) is 47.0 Å². The van der Waals surface area contributed by atoms with E-state index in [0.717, 1.165) is 11.3 Å². The SMILES string of the molecule is C=C(C)C(=O)OC(O)(CC)N1CCN(C(C)NC(O)CCC)C1=O. The predicted molar refractivity (Wildman–Crippen MR) is 88.5 cm³/mol. The van der Waals surface area contributed by atoms with E-state index in [1.807, 2.05) is 6.92 Å². The molecule has 1 aliphatic rings. The molecule has 0 spiro atoms. The summed E-state index contributed by atoms with van der Waals surface area (Å²) < 4.78 is 5.08. The number of nitrogens with one attached hydrogen (secondary N) is 1. The smallest absolute Gasteiger partial charge is 0.336 e. The Labute approximate surface area is 143 Å². The minimum Gasteiger partial charge on any atom is -0.410 e. The highest BCUT2D eigenvalue weighted by Gasteiger charge is 2.46. The lowest BCUT2D eigenvalue weighted by Gasteiger charge is -2.35. The number of amides is 2. The van der Waals surface area contributed by atoms with E-state index in [1.54, 1.807) is 13.8 Å². The monoisotopic (exact) mass is 343 g/mol. The van der Waals surface area contributed by atoms with Crippen LogP contribution in [0.2, 0.25) is 0 Å². The average molecular weight is 343 g/mol. The van der Waals surface area contributed by atoms with Crippen LogP contribution in [0.25, 0.3) is 0 Å². The molecule has 8 nitrogen and oxygen atoms in total. The van der Waals surface area contributed by atoms with E-state index < -0.39 is 30.3 Å². The van der Waals surface area contributed by atoms with Crippen molar-refractivity contribution in [3.8, 4) is 0 Å². The highest BCUT2D eigenvalue weighted by Crippen LogP contribution is 2.25. The molecule has 3 N–H and O–H groups in total. The number of rotatable bonds is 9. The number of carbonyl (C=O) groups excluding carboxylic acids is 2. The van der Waals surface area contributed by atoms with Crippen LogP contribution in [0.4, 0.5) is 4.79 Å². The van der Waals surface area contributed by atoms with Gasteiger partial charge in [-0.3, -0.25) is 10.2 Å². The Morgan fingerprint density at radius 3 is 2.58 bits per heavy atom. The summed E-state index contributed by atoms with van der Waals surface area (Å²) in [5, 5.41) is 23.4. The number of hydrogen-bond acceptors (Lipinski definition) is 6. The predicted octanol–water partition coefficient (Wildman–Crippen LogP) is 0.953. The first-order valence-corrected chi connectivity index (χ1v) is 8.29. The Morgan fingerprint density at radius 2 is 2.08 bits per heavy atom. The summed E-state index contributed by atoms with van der Waals surface area (Å²) in [5.74, 6) is -2.76. The van der Waals surface area contributed by atoms with Gasteiger partial charge < -0.3 is 19.8 Å².